The van der Waals surface area contributed by atoms with Crippen LogP contribution in [0.3, 0.4) is 0 Å². The molecule has 0 unspecified atom stereocenters. The Morgan fingerprint density at radius 3 is 2.15 bits per heavy atom. The van der Waals surface area contributed by atoms with Gasteiger partial charge in [-0.15, -0.1) is 0 Å². The van der Waals surface area contributed by atoms with E-state index in [4.69, 9.17) is 4.74 Å². The third kappa shape index (κ3) is 5.64. The Kier molecular flexibility index (Phi) is 7.78. The summed E-state index contributed by atoms with van der Waals surface area (Å²) < 4.78 is 5.12. The average Bonchev–Trinajstić information content (AvgIpc) is 2.46. The van der Waals surface area contributed by atoms with E-state index in [0.717, 1.165) is 12.1 Å². The fraction of sp³-hybridized carbons (Fsp3) is 0.588. The van der Waals surface area contributed by atoms with Crippen molar-refractivity contribution in [2.45, 2.75) is 58.9 Å². The molecule has 1 aromatic rings. The lowest BCUT2D eigenvalue weighted by Gasteiger charge is -2.18. The summed E-state index contributed by atoms with van der Waals surface area (Å²) in [5.41, 5.74) is 1.69. The number of nitrogens with one attached hydrogen (secondary N) is 1. The lowest BCUT2D eigenvalue weighted by atomic mass is 10.1. The number of anilines is 1. The van der Waals surface area contributed by atoms with Gasteiger partial charge >= 0.3 is 5.97 Å². The predicted molar refractivity (Wildman–Crippen MR) is 84.2 cm³/mol. The van der Waals surface area contributed by atoms with Gasteiger partial charge in [0.1, 0.15) is 0 Å². The maximum absolute atomic E-state index is 11.7. The van der Waals surface area contributed by atoms with Gasteiger partial charge in [0.25, 0.3) is 0 Å². The van der Waals surface area contributed by atoms with Gasteiger partial charge in [0, 0.05) is 11.7 Å². The summed E-state index contributed by atoms with van der Waals surface area (Å²) in [4.78, 5) is 11.7. The molecule has 0 aliphatic carbocycles. The largest absolute Gasteiger partial charge is 0.462 e. The summed E-state index contributed by atoms with van der Waals surface area (Å²) in [6.45, 7) is 6.88. The van der Waals surface area contributed by atoms with Gasteiger partial charge in [-0.2, -0.15) is 0 Å². The molecule has 0 radical (unpaired) electrons. The van der Waals surface area contributed by atoms with Crippen molar-refractivity contribution in [1.29, 1.82) is 0 Å². The van der Waals surface area contributed by atoms with Crippen LogP contribution in [0.4, 0.5) is 5.69 Å². The van der Waals surface area contributed by atoms with Crippen molar-refractivity contribution in [3.8, 4) is 0 Å². The Bertz CT molecular complexity index is 380. The lowest BCUT2D eigenvalue weighted by molar-refractivity contribution is 0.0505. The zero-order valence-electron chi connectivity index (χ0n) is 12.9. The van der Waals surface area contributed by atoms with Crippen LogP contribution in [-0.4, -0.2) is 18.6 Å². The van der Waals surface area contributed by atoms with Crippen molar-refractivity contribution in [2.24, 2.45) is 0 Å². The molecule has 0 fully saturated rings. The Morgan fingerprint density at radius 2 is 1.65 bits per heavy atom. The molecule has 0 saturated heterocycles. The van der Waals surface area contributed by atoms with Gasteiger partial charge < -0.3 is 10.1 Å². The molecule has 0 saturated carbocycles. The lowest BCUT2D eigenvalue weighted by Crippen LogP contribution is -2.18. The van der Waals surface area contributed by atoms with Crippen LogP contribution in [-0.2, 0) is 4.74 Å². The highest BCUT2D eigenvalue weighted by Crippen LogP contribution is 2.16. The van der Waals surface area contributed by atoms with Gasteiger partial charge in [0.2, 0.25) is 0 Å². The third-order valence-electron chi connectivity index (χ3n) is 3.20. The second-order valence-corrected chi connectivity index (χ2v) is 5.13. The molecule has 0 aromatic heterocycles. The Balaban J connectivity index is 2.58. The van der Waals surface area contributed by atoms with Crippen molar-refractivity contribution in [2.75, 3.05) is 11.9 Å². The van der Waals surface area contributed by atoms with E-state index in [1.807, 2.05) is 31.2 Å². The molecule has 0 spiro atoms. The minimum atomic E-state index is -0.239. The van der Waals surface area contributed by atoms with Crippen LogP contribution in [0.2, 0.25) is 0 Å². The maximum Gasteiger partial charge on any atom is 0.338 e. The van der Waals surface area contributed by atoms with Gasteiger partial charge in [-0.05, 0) is 43.5 Å². The number of hydrogen-bond donors (Lipinski definition) is 1. The predicted octanol–water partition coefficient (Wildman–Crippen LogP) is 4.63. The van der Waals surface area contributed by atoms with E-state index in [2.05, 4.69) is 19.2 Å². The molecule has 0 heterocycles. The minimum absolute atomic E-state index is 0.239. The van der Waals surface area contributed by atoms with Crippen LogP contribution in [0.15, 0.2) is 24.3 Å². The molecule has 0 amide bonds. The third-order valence-corrected chi connectivity index (χ3v) is 3.20. The topological polar surface area (TPSA) is 38.3 Å². The first-order valence-corrected chi connectivity index (χ1v) is 7.74. The normalized spacial score (nSPS) is 10.6. The molecule has 112 valence electrons. The monoisotopic (exact) mass is 277 g/mol. The van der Waals surface area contributed by atoms with Gasteiger partial charge in [0.15, 0.2) is 0 Å². The fourth-order valence-corrected chi connectivity index (χ4v) is 2.20. The zero-order valence-corrected chi connectivity index (χ0v) is 12.9. The fourth-order valence-electron chi connectivity index (χ4n) is 2.20. The first-order chi connectivity index (χ1) is 9.71. The summed E-state index contributed by atoms with van der Waals surface area (Å²) in [6.07, 6.45) is 5.56. The van der Waals surface area contributed by atoms with E-state index in [0.29, 0.717) is 18.2 Å². The van der Waals surface area contributed by atoms with E-state index in [9.17, 15) is 4.79 Å². The number of benzene rings is 1. The Labute approximate surface area is 122 Å². The summed E-state index contributed by atoms with van der Waals surface area (Å²) in [6, 6.07) is 8.09. The summed E-state index contributed by atoms with van der Waals surface area (Å²) in [7, 11) is 0. The Hall–Kier alpha value is -1.51. The highest BCUT2D eigenvalue weighted by Gasteiger charge is 2.09. The van der Waals surface area contributed by atoms with Crippen molar-refractivity contribution in [3.63, 3.8) is 0 Å². The molecule has 3 heteroatoms. The van der Waals surface area contributed by atoms with E-state index >= 15 is 0 Å². The van der Waals surface area contributed by atoms with Crippen LogP contribution in [0.5, 0.6) is 0 Å². The second kappa shape index (κ2) is 9.40. The first kappa shape index (κ1) is 16.5. The first-order valence-electron chi connectivity index (χ1n) is 7.74. The SMILES string of the molecule is CCCOC(=O)c1ccc(NC(CCC)CCC)cc1. The van der Waals surface area contributed by atoms with Gasteiger partial charge in [-0.25, -0.2) is 4.79 Å². The van der Waals surface area contributed by atoms with E-state index in [1.54, 1.807) is 0 Å². The molecule has 1 rings (SSSR count). The van der Waals surface area contributed by atoms with E-state index < -0.39 is 0 Å². The van der Waals surface area contributed by atoms with Crippen LogP contribution in [0.25, 0.3) is 0 Å². The van der Waals surface area contributed by atoms with Crippen molar-refractivity contribution < 1.29 is 9.53 Å². The zero-order chi connectivity index (χ0) is 14.8. The maximum atomic E-state index is 11.7. The number of ether oxygens (including phenoxy) is 1. The van der Waals surface area contributed by atoms with Crippen LogP contribution in [0, 0.1) is 0 Å². The number of carbonyl (C=O) groups is 1. The number of rotatable bonds is 9. The van der Waals surface area contributed by atoms with Crippen molar-refractivity contribution >= 4 is 11.7 Å². The highest BCUT2D eigenvalue weighted by molar-refractivity contribution is 5.89. The minimum Gasteiger partial charge on any atom is -0.462 e. The molecule has 1 N–H and O–H groups in total. The smallest absolute Gasteiger partial charge is 0.338 e. The molecule has 3 nitrogen and oxygen atoms in total. The molecule has 20 heavy (non-hydrogen) atoms. The van der Waals surface area contributed by atoms with Gasteiger partial charge in [-0.3, -0.25) is 0 Å². The molecule has 0 aliphatic heterocycles. The molecular formula is C17H27NO2. The second-order valence-electron chi connectivity index (χ2n) is 5.13. The Morgan fingerprint density at radius 1 is 1.05 bits per heavy atom. The molecule has 1 aromatic carbocycles. The van der Waals surface area contributed by atoms with Crippen LogP contribution in [0.1, 0.15) is 63.2 Å². The van der Waals surface area contributed by atoms with Crippen molar-refractivity contribution in [3.05, 3.63) is 29.8 Å². The molecule has 0 bridgehead atoms. The number of carbonyl (C=O) groups excluding carboxylic acids is 1. The standard InChI is InChI=1S/C17H27NO2/c1-4-7-15(8-5-2)18-16-11-9-14(10-12-16)17(19)20-13-6-3/h9-12,15,18H,4-8,13H2,1-3H3. The summed E-state index contributed by atoms with van der Waals surface area (Å²) in [5.74, 6) is -0.239. The van der Waals surface area contributed by atoms with Crippen molar-refractivity contribution in [1.82, 2.24) is 0 Å². The van der Waals surface area contributed by atoms with Gasteiger partial charge in [-0.1, -0.05) is 33.6 Å². The summed E-state index contributed by atoms with van der Waals surface area (Å²) in [5, 5.41) is 3.54. The summed E-state index contributed by atoms with van der Waals surface area (Å²) >= 11 is 0. The molecule has 0 aliphatic rings. The average molecular weight is 277 g/mol. The van der Waals surface area contributed by atoms with Gasteiger partial charge in [0.05, 0.1) is 12.2 Å². The number of esters is 1. The molecular weight excluding hydrogens is 250 g/mol. The number of hydrogen-bond acceptors (Lipinski definition) is 3. The van der Waals surface area contributed by atoms with Crippen LogP contribution >= 0.6 is 0 Å². The molecule has 0 atom stereocenters. The highest BCUT2D eigenvalue weighted by atomic mass is 16.5. The quantitative estimate of drug-likeness (QED) is 0.668. The van der Waals surface area contributed by atoms with E-state index in [-0.39, 0.29) is 5.97 Å². The van der Waals surface area contributed by atoms with Crippen LogP contribution < -0.4 is 5.32 Å². The van der Waals surface area contributed by atoms with E-state index in [1.165, 1.54) is 25.7 Å².